The maximum absolute atomic E-state index is 12.6. The summed E-state index contributed by atoms with van der Waals surface area (Å²) in [4.78, 5) is 21.4. The second-order valence-electron chi connectivity index (χ2n) is 4.51. The minimum atomic E-state index is -4.54. The first-order chi connectivity index (χ1) is 10.4. The summed E-state index contributed by atoms with van der Waals surface area (Å²) in [6.45, 7) is 0. The van der Waals surface area contributed by atoms with Crippen LogP contribution in [0.15, 0.2) is 42.7 Å². The lowest BCUT2D eigenvalue weighted by atomic mass is 10.2. The molecule has 2 N–H and O–H groups in total. The lowest BCUT2D eigenvalue weighted by molar-refractivity contribution is -0.144. The number of alkyl halides is 3. The van der Waals surface area contributed by atoms with Crippen molar-refractivity contribution in [3.8, 4) is 0 Å². The predicted molar refractivity (Wildman–Crippen MR) is 73.3 cm³/mol. The van der Waals surface area contributed by atoms with Crippen molar-refractivity contribution in [2.75, 3.05) is 5.32 Å². The van der Waals surface area contributed by atoms with Gasteiger partial charge in [-0.2, -0.15) is 13.2 Å². The number of pyridine rings is 1. The Bertz CT molecular complexity index is 827. The first-order valence-electron chi connectivity index (χ1n) is 6.22. The highest BCUT2D eigenvalue weighted by molar-refractivity contribution is 6.04. The number of anilines is 1. The molecule has 0 spiro atoms. The van der Waals surface area contributed by atoms with Crippen LogP contribution in [-0.2, 0) is 6.18 Å². The smallest absolute Gasteiger partial charge is 0.334 e. The summed E-state index contributed by atoms with van der Waals surface area (Å²) in [6, 6.07) is 7.36. The maximum atomic E-state index is 12.6. The Balaban J connectivity index is 1.88. The van der Waals surface area contributed by atoms with Crippen LogP contribution in [0.2, 0.25) is 0 Å². The zero-order valence-corrected chi connectivity index (χ0v) is 11.0. The summed E-state index contributed by atoms with van der Waals surface area (Å²) in [6.07, 6.45) is -1.59. The van der Waals surface area contributed by atoms with Gasteiger partial charge in [0.15, 0.2) is 0 Å². The van der Waals surface area contributed by atoms with Gasteiger partial charge >= 0.3 is 6.18 Å². The fourth-order valence-corrected chi connectivity index (χ4v) is 1.93. The lowest BCUT2D eigenvalue weighted by Gasteiger charge is -2.04. The van der Waals surface area contributed by atoms with Gasteiger partial charge in [-0.3, -0.25) is 9.78 Å². The van der Waals surface area contributed by atoms with E-state index >= 15 is 0 Å². The van der Waals surface area contributed by atoms with Crippen molar-refractivity contribution in [1.82, 2.24) is 15.0 Å². The number of aromatic amines is 1. The number of carbonyl (C=O) groups is 1. The molecule has 0 bridgehead atoms. The van der Waals surface area contributed by atoms with Crippen LogP contribution in [0.4, 0.5) is 18.9 Å². The molecule has 0 atom stereocenters. The molecule has 22 heavy (non-hydrogen) atoms. The Labute approximate surface area is 122 Å². The van der Waals surface area contributed by atoms with Gasteiger partial charge in [0.2, 0.25) is 5.82 Å². The van der Waals surface area contributed by atoms with Crippen LogP contribution in [0, 0.1) is 0 Å². The van der Waals surface area contributed by atoms with Crippen LogP contribution in [-0.4, -0.2) is 20.9 Å². The fourth-order valence-electron chi connectivity index (χ4n) is 1.93. The molecule has 0 saturated carbocycles. The van der Waals surface area contributed by atoms with Crippen LogP contribution in [0.3, 0.4) is 0 Å². The summed E-state index contributed by atoms with van der Waals surface area (Å²) in [5, 5.41) is 2.60. The molecule has 0 aliphatic rings. The molecule has 0 radical (unpaired) electrons. The van der Waals surface area contributed by atoms with Crippen molar-refractivity contribution >= 4 is 22.6 Å². The summed E-state index contributed by atoms with van der Waals surface area (Å²) in [5.74, 6) is -1.45. The van der Waals surface area contributed by atoms with Crippen LogP contribution < -0.4 is 5.32 Å². The van der Waals surface area contributed by atoms with E-state index < -0.39 is 12.0 Å². The number of H-pyrrole nitrogens is 1. The molecule has 8 heteroatoms. The monoisotopic (exact) mass is 306 g/mol. The van der Waals surface area contributed by atoms with Crippen molar-refractivity contribution in [2.45, 2.75) is 6.18 Å². The lowest BCUT2D eigenvalue weighted by Crippen LogP contribution is -2.11. The molecule has 3 rings (SSSR count). The molecule has 0 fully saturated rings. The first kappa shape index (κ1) is 14.1. The second kappa shape index (κ2) is 5.14. The molecule has 3 aromatic rings. The summed E-state index contributed by atoms with van der Waals surface area (Å²) in [7, 11) is 0. The van der Waals surface area contributed by atoms with E-state index in [-0.39, 0.29) is 16.9 Å². The number of hydrogen-bond acceptors (Lipinski definition) is 3. The topological polar surface area (TPSA) is 70.7 Å². The average Bonchev–Trinajstić information content (AvgIpc) is 2.91. The molecule has 0 saturated heterocycles. The van der Waals surface area contributed by atoms with Gasteiger partial charge in [0, 0.05) is 23.6 Å². The second-order valence-corrected chi connectivity index (χ2v) is 4.51. The minimum Gasteiger partial charge on any atom is -0.334 e. The van der Waals surface area contributed by atoms with Gasteiger partial charge in [0.05, 0.1) is 11.0 Å². The van der Waals surface area contributed by atoms with E-state index in [0.29, 0.717) is 11.3 Å². The largest absolute Gasteiger partial charge is 0.449 e. The highest BCUT2D eigenvalue weighted by atomic mass is 19.4. The number of benzene rings is 1. The van der Waals surface area contributed by atoms with E-state index in [1.54, 1.807) is 0 Å². The first-order valence-corrected chi connectivity index (χ1v) is 6.22. The van der Waals surface area contributed by atoms with E-state index in [4.69, 9.17) is 0 Å². The Morgan fingerprint density at radius 1 is 1.14 bits per heavy atom. The zero-order valence-electron chi connectivity index (χ0n) is 11.0. The van der Waals surface area contributed by atoms with Crippen molar-refractivity contribution in [2.24, 2.45) is 0 Å². The standard InChI is InChI=1S/C14H9F3N4O/c15-14(16,17)13-20-10-2-1-9(7-11(10)21-13)19-12(22)8-3-5-18-6-4-8/h1-7H,(H,19,22)(H,20,21). The van der Waals surface area contributed by atoms with Crippen molar-refractivity contribution in [3.05, 3.63) is 54.1 Å². The van der Waals surface area contributed by atoms with Gasteiger partial charge in [0.25, 0.3) is 5.91 Å². The van der Waals surface area contributed by atoms with E-state index in [9.17, 15) is 18.0 Å². The van der Waals surface area contributed by atoms with E-state index in [0.717, 1.165) is 0 Å². The number of nitrogens with zero attached hydrogens (tertiary/aromatic N) is 2. The van der Waals surface area contributed by atoms with Crippen LogP contribution in [0.5, 0.6) is 0 Å². The van der Waals surface area contributed by atoms with Gasteiger partial charge in [-0.25, -0.2) is 4.98 Å². The summed E-state index contributed by atoms with van der Waals surface area (Å²) in [5.41, 5.74) is 1.14. The van der Waals surface area contributed by atoms with E-state index in [1.807, 2.05) is 0 Å². The molecular weight excluding hydrogens is 297 g/mol. The number of rotatable bonds is 2. The third-order valence-corrected chi connectivity index (χ3v) is 2.95. The zero-order chi connectivity index (χ0) is 15.7. The fraction of sp³-hybridized carbons (Fsp3) is 0.0714. The molecule has 1 amide bonds. The highest BCUT2D eigenvalue weighted by Crippen LogP contribution is 2.29. The number of aromatic nitrogens is 3. The van der Waals surface area contributed by atoms with Crippen LogP contribution in [0.25, 0.3) is 11.0 Å². The number of halogens is 3. The van der Waals surface area contributed by atoms with Gasteiger partial charge in [-0.05, 0) is 30.3 Å². The average molecular weight is 306 g/mol. The molecule has 0 aliphatic carbocycles. The number of fused-ring (bicyclic) bond motifs is 1. The minimum absolute atomic E-state index is 0.175. The summed E-state index contributed by atoms with van der Waals surface area (Å²) < 4.78 is 37.8. The molecule has 112 valence electrons. The van der Waals surface area contributed by atoms with Crippen LogP contribution in [0.1, 0.15) is 16.2 Å². The highest BCUT2D eigenvalue weighted by Gasteiger charge is 2.34. The Morgan fingerprint density at radius 2 is 1.86 bits per heavy atom. The number of hydrogen-bond donors (Lipinski definition) is 2. The van der Waals surface area contributed by atoms with E-state index in [1.165, 1.54) is 42.7 Å². The Hall–Kier alpha value is -2.90. The number of imidazole rings is 1. The molecule has 1 aromatic carbocycles. The van der Waals surface area contributed by atoms with Crippen molar-refractivity contribution in [1.29, 1.82) is 0 Å². The molecule has 0 unspecified atom stereocenters. The third kappa shape index (κ3) is 2.76. The van der Waals surface area contributed by atoms with Crippen molar-refractivity contribution in [3.63, 3.8) is 0 Å². The Kier molecular flexibility index (Phi) is 3.28. The maximum Gasteiger partial charge on any atom is 0.449 e. The SMILES string of the molecule is O=C(Nc1ccc2nc(C(F)(F)F)[nH]c2c1)c1ccncc1. The number of amides is 1. The van der Waals surface area contributed by atoms with Crippen LogP contribution >= 0.6 is 0 Å². The molecule has 2 heterocycles. The van der Waals surface area contributed by atoms with Gasteiger partial charge in [-0.15, -0.1) is 0 Å². The number of carbonyl (C=O) groups excluding carboxylic acids is 1. The van der Waals surface area contributed by atoms with Gasteiger partial charge in [0.1, 0.15) is 0 Å². The molecule has 2 aromatic heterocycles. The third-order valence-electron chi connectivity index (χ3n) is 2.95. The quantitative estimate of drug-likeness (QED) is 0.763. The summed E-state index contributed by atoms with van der Waals surface area (Å²) >= 11 is 0. The molecule has 5 nitrogen and oxygen atoms in total. The van der Waals surface area contributed by atoms with Gasteiger partial charge < -0.3 is 10.3 Å². The normalized spacial score (nSPS) is 11.6. The van der Waals surface area contributed by atoms with Gasteiger partial charge in [-0.1, -0.05) is 0 Å². The Morgan fingerprint density at radius 3 is 2.55 bits per heavy atom. The van der Waals surface area contributed by atoms with Crippen molar-refractivity contribution < 1.29 is 18.0 Å². The molecule has 0 aliphatic heterocycles. The number of nitrogens with one attached hydrogen (secondary N) is 2. The predicted octanol–water partition coefficient (Wildman–Crippen LogP) is 3.23. The van der Waals surface area contributed by atoms with E-state index in [2.05, 4.69) is 20.3 Å². The molecular formula is C14H9F3N4O.